The van der Waals surface area contributed by atoms with Crippen LogP contribution in [0, 0.1) is 11.8 Å². The van der Waals surface area contributed by atoms with E-state index in [2.05, 4.69) is 30.4 Å². The number of hydrogen-bond acceptors (Lipinski definition) is 7. The van der Waals surface area contributed by atoms with Crippen molar-refractivity contribution in [2.45, 2.75) is 59.5 Å². The number of nitrogens with one attached hydrogen (secondary N) is 1. The normalized spacial score (nSPS) is 18.9. The number of benzene rings is 1. The number of fused-ring (bicyclic) bond motifs is 1. The van der Waals surface area contributed by atoms with Gasteiger partial charge in [0, 0.05) is 25.7 Å². The average Bonchev–Trinajstić information content (AvgIpc) is 3.55. The molecule has 0 spiro atoms. The number of allylic oxidation sites excluding steroid dienone is 1. The van der Waals surface area contributed by atoms with Crippen LogP contribution in [0.15, 0.2) is 22.7 Å². The summed E-state index contributed by atoms with van der Waals surface area (Å²) in [5, 5.41) is 7.08. The number of carbonyl (C=O) groups excluding carboxylic acids is 2. The lowest BCUT2D eigenvalue weighted by molar-refractivity contribution is 0.0285. The monoisotopic (exact) mass is 525 g/mol. The Balaban J connectivity index is 1.75. The van der Waals surface area contributed by atoms with Crippen LogP contribution in [0.4, 0.5) is 4.79 Å². The van der Waals surface area contributed by atoms with Crippen LogP contribution in [0.5, 0.6) is 11.5 Å². The second-order valence-corrected chi connectivity index (χ2v) is 11.2. The molecule has 2 heterocycles. The van der Waals surface area contributed by atoms with E-state index in [1.165, 1.54) is 0 Å². The van der Waals surface area contributed by atoms with Crippen LogP contribution in [0.1, 0.15) is 75.5 Å². The molecule has 2 unspecified atom stereocenters. The number of methoxy groups -OCH3 is 2. The van der Waals surface area contributed by atoms with Gasteiger partial charge >= 0.3 is 6.09 Å². The van der Waals surface area contributed by atoms with Crippen molar-refractivity contribution in [3.05, 3.63) is 35.0 Å². The van der Waals surface area contributed by atoms with Crippen LogP contribution in [0.25, 0.3) is 16.9 Å². The first-order valence-electron chi connectivity index (χ1n) is 13.2. The minimum atomic E-state index is -0.541. The molecule has 1 aromatic carbocycles. The lowest BCUT2D eigenvalue weighted by Crippen LogP contribution is -2.35. The Kier molecular flexibility index (Phi) is 7.76. The van der Waals surface area contributed by atoms with E-state index in [9.17, 15) is 9.59 Å². The van der Waals surface area contributed by atoms with Crippen molar-refractivity contribution in [3.8, 4) is 22.8 Å². The lowest BCUT2D eigenvalue weighted by atomic mass is 9.93. The van der Waals surface area contributed by atoms with E-state index < -0.39 is 5.60 Å². The molecule has 1 aliphatic heterocycles. The van der Waals surface area contributed by atoms with Crippen molar-refractivity contribution < 1.29 is 28.3 Å². The molecule has 4 rings (SSSR count). The molecule has 38 heavy (non-hydrogen) atoms. The Morgan fingerprint density at radius 1 is 1.16 bits per heavy atom. The predicted octanol–water partition coefficient (Wildman–Crippen LogP) is 5.50. The highest BCUT2D eigenvalue weighted by Crippen LogP contribution is 2.47. The minimum absolute atomic E-state index is 0.159. The summed E-state index contributed by atoms with van der Waals surface area (Å²) in [7, 11) is 3.23. The molecule has 1 saturated heterocycles. The minimum Gasteiger partial charge on any atom is -0.496 e. The van der Waals surface area contributed by atoms with Gasteiger partial charge in [-0.1, -0.05) is 25.1 Å². The third-order valence-corrected chi connectivity index (χ3v) is 7.02. The zero-order valence-electron chi connectivity index (χ0n) is 23.6. The van der Waals surface area contributed by atoms with Gasteiger partial charge in [0.25, 0.3) is 5.91 Å². The molecule has 0 bridgehead atoms. The fraction of sp³-hybridized carbons (Fsp3) is 0.552. The highest BCUT2D eigenvalue weighted by atomic mass is 16.6. The molecule has 206 valence electrons. The van der Waals surface area contributed by atoms with Crippen LogP contribution in [-0.2, 0) is 4.74 Å². The van der Waals surface area contributed by atoms with Crippen molar-refractivity contribution in [3.63, 3.8) is 0 Å². The highest BCUT2D eigenvalue weighted by molar-refractivity contribution is 6.00. The average molecular weight is 526 g/mol. The van der Waals surface area contributed by atoms with Gasteiger partial charge < -0.3 is 29.0 Å². The molecule has 2 amide bonds. The maximum Gasteiger partial charge on any atom is 0.410 e. The third kappa shape index (κ3) is 5.37. The summed E-state index contributed by atoms with van der Waals surface area (Å²) < 4.78 is 22.8. The van der Waals surface area contributed by atoms with Crippen LogP contribution in [0.2, 0.25) is 0 Å². The number of likely N-dealkylation sites (tertiary alicyclic amines) is 1. The first-order chi connectivity index (χ1) is 18.0. The molecule has 2 aromatic rings. The Hall–Kier alpha value is -3.49. The highest BCUT2D eigenvalue weighted by Gasteiger charge is 2.42. The number of ether oxygens (including phenoxy) is 3. The van der Waals surface area contributed by atoms with Crippen molar-refractivity contribution in [2.24, 2.45) is 11.8 Å². The molecule has 1 aromatic heterocycles. The second-order valence-electron chi connectivity index (χ2n) is 11.2. The second kappa shape index (κ2) is 10.7. The fourth-order valence-corrected chi connectivity index (χ4v) is 5.29. The SMILES string of the molecule is CCNC(=O)c1noc(-c2cc(C(C)C)c(OC)cc2OC)c1C1=CC2CN(C(=O)OC(C)(C)C)CC2C1. The Morgan fingerprint density at radius 3 is 2.45 bits per heavy atom. The number of carbonyl (C=O) groups is 2. The standard InChI is InChI=1S/C29H39N3O6/c1-9-30-27(33)25-24(17-10-18-14-32(15-19(18)11-17)28(34)37-29(4,5)6)26(38-31-25)21-12-20(16(2)3)22(35-7)13-23(21)36-8/h10,12-13,16,18-19H,9,11,14-15H2,1-8H3,(H,30,33). The topological polar surface area (TPSA) is 103 Å². The van der Waals surface area contributed by atoms with Gasteiger partial charge in [0.05, 0.1) is 25.3 Å². The van der Waals surface area contributed by atoms with Gasteiger partial charge in [0.2, 0.25) is 0 Å². The van der Waals surface area contributed by atoms with E-state index in [0.29, 0.717) is 48.7 Å². The summed E-state index contributed by atoms with van der Waals surface area (Å²) >= 11 is 0. The lowest BCUT2D eigenvalue weighted by Gasteiger charge is -2.24. The maximum atomic E-state index is 13.0. The van der Waals surface area contributed by atoms with Crippen molar-refractivity contribution in [2.75, 3.05) is 33.9 Å². The van der Waals surface area contributed by atoms with Crippen molar-refractivity contribution in [1.29, 1.82) is 0 Å². The molecular weight excluding hydrogens is 486 g/mol. The summed E-state index contributed by atoms with van der Waals surface area (Å²) in [6.45, 7) is 13.3. The summed E-state index contributed by atoms with van der Waals surface area (Å²) in [5.41, 5.74) is 3.08. The molecule has 1 aliphatic carbocycles. The first-order valence-corrected chi connectivity index (χ1v) is 13.2. The summed E-state index contributed by atoms with van der Waals surface area (Å²) in [4.78, 5) is 27.5. The number of amides is 2. The molecule has 9 heteroatoms. The van der Waals surface area contributed by atoms with Crippen LogP contribution in [-0.4, -0.2) is 61.5 Å². The van der Waals surface area contributed by atoms with Crippen LogP contribution < -0.4 is 14.8 Å². The molecule has 0 radical (unpaired) electrons. The molecular formula is C29H39N3O6. The number of rotatable bonds is 7. The van der Waals surface area contributed by atoms with E-state index in [0.717, 1.165) is 16.9 Å². The third-order valence-electron chi connectivity index (χ3n) is 7.02. The van der Waals surface area contributed by atoms with E-state index in [1.807, 2.05) is 39.8 Å². The van der Waals surface area contributed by atoms with Crippen LogP contribution >= 0.6 is 0 Å². The maximum absolute atomic E-state index is 13.0. The summed E-state index contributed by atoms with van der Waals surface area (Å²) in [5.74, 6) is 2.07. The van der Waals surface area contributed by atoms with Gasteiger partial charge in [-0.25, -0.2) is 4.79 Å². The van der Waals surface area contributed by atoms with Gasteiger partial charge in [-0.15, -0.1) is 0 Å². The van der Waals surface area contributed by atoms with Crippen molar-refractivity contribution in [1.82, 2.24) is 15.4 Å². The van der Waals surface area contributed by atoms with Gasteiger partial charge in [-0.3, -0.25) is 4.79 Å². The molecule has 2 aliphatic rings. The predicted molar refractivity (Wildman–Crippen MR) is 145 cm³/mol. The van der Waals surface area contributed by atoms with Crippen LogP contribution in [0.3, 0.4) is 0 Å². The number of aromatic nitrogens is 1. The first kappa shape index (κ1) is 27.5. The Labute approximate surface area is 224 Å². The zero-order chi connectivity index (χ0) is 27.8. The van der Waals surface area contributed by atoms with Gasteiger partial charge in [0.15, 0.2) is 11.5 Å². The molecule has 1 N–H and O–H groups in total. The molecule has 2 atom stereocenters. The largest absolute Gasteiger partial charge is 0.496 e. The Morgan fingerprint density at radius 2 is 1.87 bits per heavy atom. The summed E-state index contributed by atoms with van der Waals surface area (Å²) in [6.07, 6.45) is 2.56. The molecule has 9 nitrogen and oxygen atoms in total. The quantitative estimate of drug-likeness (QED) is 0.509. The Bertz CT molecular complexity index is 1240. The zero-order valence-corrected chi connectivity index (χ0v) is 23.6. The number of nitrogens with zero attached hydrogens (tertiary/aromatic N) is 2. The van der Waals surface area contributed by atoms with E-state index in [-0.39, 0.29) is 35.4 Å². The van der Waals surface area contributed by atoms with Gasteiger partial charge in [-0.2, -0.15) is 0 Å². The smallest absolute Gasteiger partial charge is 0.410 e. The van der Waals surface area contributed by atoms with Gasteiger partial charge in [0.1, 0.15) is 17.1 Å². The molecule has 0 saturated carbocycles. The van der Waals surface area contributed by atoms with E-state index in [4.69, 9.17) is 18.7 Å². The molecule has 1 fully saturated rings. The fourth-order valence-electron chi connectivity index (χ4n) is 5.29. The number of hydrogen-bond donors (Lipinski definition) is 1. The van der Waals surface area contributed by atoms with Crippen molar-refractivity contribution >= 4 is 17.6 Å². The van der Waals surface area contributed by atoms with E-state index >= 15 is 0 Å². The van der Waals surface area contributed by atoms with Gasteiger partial charge in [-0.05, 0) is 69.1 Å². The summed E-state index contributed by atoms with van der Waals surface area (Å²) in [6, 6.07) is 3.84. The van der Waals surface area contributed by atoms with E-state index in [1.54, 1.807) is 19.1 Å².